The van der Waals surface area contributed by atoms with Crippen LogP contribution in [-0.2, 0) is 9.47 Å². The fourth-order valence-corrected chi connectivity index (χ4v) is 1.37. The average Bonchev–Trinajstić information content (AvgIpc) is 2.24. The van der Waals surface area contributed by atoms with E-state index in [4.69, 9.17) is 9.47 Å². The molecule has 0 aromatic rings. The molecule has 0 bridgehead atoms. The molecule has 2 heterocycles. The zero-order valence-electron chi connectivity index (χ0n) is 9.75. The van der Waals surface area contributed by atoms with Gasteiger partial charge in [-0.1, -0.05) is 0 Å². The Bertz CT molecular complexity index is 64.4. The first-order valence-corrected chi connectivity index (χ1v) is 5.15. The standard InChI is InChI=1S/2C5H10O.2B.Ca/c2*1-2-4-6-5-3-1;;;/h2*1-5H2;;;/q;;2*-1;+2. The molecule has 80 valence electrons. The van der Waals surface area contributed by atoms with Crippen molar-refractivity contribution in [3.8, 4) is 0 Å². The first-order valence-electron chi connectivity index (χ1n) is 5.15. The summed E-state index contributed by atoms with van der Waals surface area (Å²) in [5, 5.41) is 0. The third-order valence-corrected chi connectivity index (χ3v) is 2.15. The molecule has 0 atom stereocenters. The summed E-state index contributed by atoms with van der Waals surface area (Å²) in [6.07, 6.45) is 7.86. The molecule has 2 aliphatic rings. The van der Waals surface area contributed by atoms with Crippen molar-refractivity contribution in [3.63, 3.8) is 0 Å². The first-order chi connectivity index (χ1) is 6.00. The Hall–Kier alpha value is 1.31. The van der Waals surface area contributed by atoms with Gasteiger partial charge < -0.3 is 26.3 Å². The molecule has 0 N–H and O–H groups in total. The molecule has 15 heavy (non-hydrogen) atoms. The number of rotatable bonds is 0. The maximum Gasteiger partial charge on any atom is 2.00 e. The molecule has 8 radical (unpaired) electrons. The Labute approximate surface area is 128 Å². The van der Waals surface area contributed by atoms with Crippen LogP contribution in [0, 0.1) is 0 Å². The van der Waals surface area contributed by atoms with E-state index in [1.807, 2.05) is 0 Å². The molecule has 0 unspecified atom stereocenters. The monoisotopic (exact) mass is 234 g/mol. The fraction of sp³-hybridized carbons (Fsp3) is 1.00. The average molecular weight is 234 g/mol. The van der Waals surface area contributed by atoms with Crippen molar-refractivity contribution < 1.29 is 9.47 Å². The second-order valence-corrected chi connectivity index (χ2v) is 3.35. The Morgan fingerprint density at radius 2 is 0.733 bits per heavy atom. The van der Waals surface area contributed by atoms with Gasteiger partial charge in [-0.2, -0.15) is 0 Å². The van der Waals surface area contributed by atoms with Crippen molar-refractivity contribution in [2.75, 3.05) is 26.4 Å². The second-order valence-electron chi connectivity index (χ2n) is 3.35. The van der Waals surface area contributed by atoms with Crippen LogP contribution in [0.4, 0.5) is 0 Å². The summed E-state index contributed by atoms with van der Waals surface area (Å²) in [5.74, 6) is 0. The van der Waals surface area contributed by atoms with Gasteiger partial charge in [0.25, 0.3) is 0 Å². The Balaban J connectivity index is -0.000000160. The predicted octanol–water partition coefficient (Wildman–Crippen LogP) is 1.23. The van der Waals surface area contributed by atoms with Gasteiger partial charge in [-0.15, -0.1) is 0 Å². The smallest absolute Gasteiger partial charge is 1.00 e. The van der Waals surface area contributed by atoms with E-state index < -0.39 is 0 Å². The minimum atomic E-state index is 0. The normalized spacial score (nSPS) is 19.2. The van der Waals surface area contributed by atoms with Crippen LogP contribution >= 0.6 is 0 Å². The number of hydrogen-bond acceptors (Lipinski definition) is 2. The second kappa shape index (κ2) is 17.7. The van der Waals surface area contributed by atoms with Gasteiger partial charge in [-0.25, -0.2) is 0 Å². The van der Waals surface area contributed by atoms with E-state index in [0.717, 1.165) is 26.4 Å². The first kappa shape index (κ1) is 21.6. The van der Waals surface area contributed by atoms with Crippen LogP contribution in [0.3, 0.4) is 0 Å². The molecule has 0 saturated carbocycles. The molecule has 0 aromatic heterocycles. The van der Waals surface area contributed by atoms with E-state index in [2.05, 4.69) is 0 Å². The Morgan fingerprint density at radius 1 is 0.467 bits per heavy atom. The third-order valence-electron chi connectivity index (χ3n) is 2.15. The van der Waals surface area contributed by atoms with Crippen molar-refractivity contribution in [1.29, 1.82) is 0 Å². The van der Waals surface area contributed by atoms with E-state index in [-0.39, 0.29) is 54.6 Å². The molecule has 2 fully saturated rings. The summed E-state index contributed by atoms with van der Waals surface area (Å²) in [5.41, 5.74) is 0. The molecule has 2 rings (SSSR count). The van der Waals surface area contributed by atoms with Crippen molar-refractivity contribution in [2.24, 2.45) is 0 Å². The quantitative estimate of drug-likeness (QED) is 0.587. The van der Waals surface area contributed by atoms with Gasteiger partial charge >= 0.3 is 37.7 Å². The number of hydrogen-bond donors (Lipinski definition) is 0. The zero-order chi connectivity index (χ0) is 8.49. The van der Waals surface area contributed by atoms with Crippen molar-refractivity contribution in [1.82, 2.24) is 0 Å². The van der Waals surface area contributed by atoms with Crippen LogP contribution in [0.15, 0.2) is 0 Å². The molecule has 0 aliphatic carbocycles. The molecular formula is C10H20B2CaO2. The molecule has 2 nitrogen and oxygen atoms in total. The van der Waals surface area contributed by atoms with Crippen molar-refractivity contribution in [2.45, 2.75) is 38.5 Å². The van der Waals surface area contributed by atoms with E-state index in [0.29, 0.717) is 0 Å². The van der Waals surface area contributed by atoms with Gasteiger partial charge in [-0.05, 0) is 38.5 Å². The Morgan fingerprint density at radius 3 is 0.800 bits per heavy atom. The van der Waals surface area contributed by atoms with Crippen LogP contribution in [-0.4, -0.2) is 81.0 Å². The van der Waals surface area contributed by atoms with Gasteiger partial charge in [0, 0.05) is 26.4 Å². The zero-order valence-corrected chi connectivity index (χ0v) is 12.0. The molecule has 2 aliphatic heterocycles. The van der Waals surface area contributed by atoms with E-state index in [1.54, 1.807) is 0 Å². The predicted molar refractivity (Wildman–Crippen MR) is 66.6 cm³/mol. The summed E-state index contributed by atoms with van der Waals surface area (Å²) in [7, 11) is 0. The maximum absolute atomic E-state index is 5.07. The Kier molecular flexibility index (Phi) is 25.5. The summed E-state index contributed by atoms with van der Waals surface area (Å²) in [6, 6.07) is 0. The number of ether oxygens (including phenoxy) is 2. The van der Waals surface area contributed by atoms with Crippen molar-refractivity contribution in [3.05, 3.63) is 0 Å². The maximum atomic E-state index is 5.07. The van der Waals surface area contributed by atoms with Gasteiger partial charge in [-0.3, -0.25) is 0 Å². The van der Waals surface area contributed by atoms with Crippen LogP contribution in [0.25, 0.3) is 0 Å². The molecule has 0 spiro atoms. The molecule has 2 saturated heterocycles. The third kappa shape index (κ3) is 15.3. The minimum absolute atomic E-state index is 0. The van der Waals surface area contributed by atoms with Crippen LogP contribution in [0.2, 0.25) is 0 Å². The van der Waals surface area contributed by atoms with E-state index >= 15 is 0 Å². The molecule has 0 amide bonds. The topological polar surface area (TPSA) is 18.5 Å². The summed E-state index contributed by atoms with van der Waals surface area (Å²) in [6.45, 7) is 4.00. The molecule has 0 aromatic carbocycles. The minimum Gasteiger partial charge on any atom is -1.00 e. The SMILES string of the molecule is C1CCOCC1.C1CCOCC1.[B-].[B-].[Ca+2]. The van der Waals surface area contributed by atoms with Gasteiger partial charge in [0.1, 0.15) is 0 Å². The summed E-state index contributed by atoms with van der Waals surface area (Å²) in [4.78, 5) is 0. The summed E-state index contributed by atoms with van der Waals surface area (Å²) < 4.78 is 10.1. The largest absolute Gasteiger partial charge is 2.00 e. The van der Waals surface area contributed by atoms with Gasteiger partial charge in [0.2, 0.25) is 0 Å². The van der Waals surface area contributed by atoms with E-state index in [1.165, 1.54) is 38.5 Å². The van der Waals surface area contributed by atoms with E-state index in [9.17, 15) is 0 Å². The summed E-state index contributed by atoms with van der Waals surface area (Å²) >= 11 is 0. The fourth-order valence-electron chi connectivity index (χ4n) is 1.37. The van der Waals surface area contributed by atoms with Gasteiger partial charge in [0.05, 0.1) is 0 Å². The van der Waals surface area contributed by atoms with Gasteiger partial charge in [0.15, 0.2) is 0 Å². The molecular weight excluding hydrogens is 214 g/mol. The van der Waals surface area contributed by atoms with Crippen LogP contribution < -0.4 is 0 Å². The van der Waals surface area contributed by atoms with Crippen LogP contribution in [0.1, 0.15) is 38.5 Å². The van der Waals surface area contributed by atoms with Crippen molar-refractivity contribution >= 4 is 54.6 Å². The molecule has 5 heteroatoms. The van der Waals surface area contributed by atoms with Crippen LogP contribution in [0.5, 0.6) is 0 Å².